The van der Waals surface area contributed by atoms with E-state index in [1.54, 1.807) is 0 Å². The minimum absolute atomic E-state index is 0.956. The van der Waals surface area contributed by atoms with Crippen LogP contribution in [0.2, 0.25) is 0 Å². The molecule has 0 aliphatic rings. The molecule has 52 heavy (non-hydrogen) atoms. The third-order valence-electron chi connectivity index (χ3n) is 10.8. The molecule has 0 radical (unpaired) electrons. The van der Waals surface area contributed by atoms with Crippen molar-refractivity contribution in [3.8, 4) is 44.9 Å². The van der Waals surface area contributed by atoms with Gasteiger partial charge >= 0.3 is 0 Å². The second kappa shape index (κ2) is 12.0. The maximum Gasteiger partial charge on any atom is 0.0708 e. The highest BCUT2D eigenvalue weighted by Gasteiger charge is 2.17. The normalized spacial score (nSPS) is 11.7. The molecule has 3 aromatic heterocycles. The summed E-state index contributed by atoms with van der Waals surface area (Å²) in [5.74, 6) is 0. The lowest BCUT2D eigenvalue weighted by Crippen LogP contribution is -1.99. The second-order valence-electron chi connectivity index (χ2n) is 13.6. The number of nitrogens with zero attached hydrogens (tertiary/aromatic N) is 3. The van der Waals surface area contributed by atoms with E-state index in [1.807, 2.05) is 6.20 Å². The van der Waals surface area contributed by atoms with Crippen LogP contribution in [0, 0.1) is 13.8 Å². The largest absolute Gasteiger partial charge is 0.309 e. The molecule has 3 heteroatoms. The molecule has 0 aliphatic carbocycles. The molecule has 0 aliphatic heterocycles. The lowest BCUT2D eigenvalue weighted by atomic mass is 9.95. The third-order valence-corrected chi connectivity index (χ3v) is 10.8. The summed E-state index contributed by atoms with van der Waals surface area (Å²) in [7, 11) is 0. The standard InChI is InChI=1S/C49H35N3/c1-32-37(20-12-26-44(32)51-46-22-7-3-16-39(46)40-17-4-8-23-47(40)51)34-14-11-15-36(30-34)43-31-35(28-29-50-43)38-21-13-27-45(33(38)2)52-48-24-9-5-18-41(48)42-19-6-10-25-49(42)52/h3-31H,1-2H3. The van der Waals surface area contributed by atoms with Crippen molar-refractivity contribution < 1.29 is 0 Å². The van der Waals surface area contributed by atoms with Crippen LogP contribution in [0.4, 0.5) is 0 Å². The highest BCUT2D eigenvalue weighted by atomic mass is 15.0. The van der Waals surface area contributed by atoms with Gasteiger partial charge in [-0.1, -0.05) is 115 Å². The molecule has 0 spiro atoms. The Morgan fingerprint density at radius 3 is 1.25 bits per heavy atom. The summed E-state index contributed by atoms with van der Waals surface area (Å²) in [5, 5.41) is 5.08. The second-order valence-corrected chi connectivity index (χ2v) is 13.6. The first-order valence-corrected chi connectivity index (χ1v) is 17.9. The van der Waals surface area contributed by atoms with Gasteiger partial charge in [0.25, 0.3) is 0 Å². The fourth-order valence-electron chi connectivity index (χ4n) is 8.32. The highest BCUT2D eigenvalue weighted by molar-refractivity contribution is 6.10. The molecule has 246 valence electrons. The van der Waals surface area contributed by atoms with Gasteiger partial charge in [-0.2, -0.15) is 0 Å². The van der Waals surface area contributed by atoms with Gasteiger partial charge in [0, 0.05) is 44.7 Å². The van der Waals surface area contributed by atoms with Crippen molar-refractivity contribution in [3.63, 3.8) is 0 Å². The van der Waals surface area contributed by atoms with Crippen LogP contribution in [-0.4, -0.2) is 14.1 Å². The molecule has 0 unspecified atom stereocenters. The molecular weight excluding hydrogens is 631 g/mol. The molecule has 0 bridgehead atoms. The molecule has 10 aromatic rings. The van der Waals surface area contributed by atoms with Gasteiger partial charge in [0.15, 0.2) is 0 Å². The van der Waals surface area contributed by atoms with Crippen LogP contribution in [-0.2, 0) is 0 Å². The van der Waals surface area contributed by atoms with Crippen molar-refractivity contribution >= 4 is 43.6 Å². The van der Waals surface area contributed by atoms with E-state index in [2.05, 4.69) is 193 Å². The van der Waals surface area contributed by atoms with Crippen molar-refractivity contribution in [2.45, 2.75) is 13.8 Å². The van der Waals surface area contributed by atoms with Crippen molar-refractivity contribution in [2.75, 3.05) is 0 Å². The smallest absolute Gasteiger partial charge is 0.0708 e. The monoisotopic (exact) mass is 665 g/mol. The zero-order valence-electron chi connectivity index (χ0n) is 29.1. The van der Waals surface area contributed by atoms with Crippen LogP contribution in [0.1, 0.15) is 11.1 Å². The van der Waals surface area contributed by atoms with E-state index in [0.29, 0.717) is 0 Å². The summed E-state index contributed by atoms with van der Waals surface area (Å²) >= 11 is 0. The van der Waals surface area contributed by atoms with Crippen LogP contribution in [0.25, 0.3) is 88.5 Å². The Morgan fingerprint density at radius 2 is 0.769 bits per heavy atom. The number of fused-ring (bicyclic) bond motifs is 6. The number of benzene rings is 7. The molecule has 0 N–H and O–H groups in total. The van der Waals surface area contributed by atoms with Gasteiger partial charge in [-0.25, -0.2) is 0 Å². The van der Waals surface area contributed by atoms with Crippen molar-refractivity contribution in [1.29, 1.82) is 0 Å². The fourth-order valence-corrected chi connectivity index (χ4v) is 8.32. The summed E-state index contributed by atoms with van der Waals surface area (Å²) in [6.45, 7) is 4.48. The van der Waals surface area contributed by atoms with Gasteiger partial charge in [-0.05, 0) is 102 Å². The van der Waals surface area contributed by atoms with E-state index in [0.717, 1.165) is 16.8 Å². The fraction of sp³-hybridized carbons (Fsp3) is 0.0408. The van der Waals surface area contributed by atoms with Crippen molar-refractivity contribution in [3.05, 3.63) is 187 Å². The summed E-state index contributed by atoms with van der Waals surface area (Å²) in [6, 6.07) is 61.3. The lowest BCUT2D eigenvalue weighted by molar-refractivity contribution is 1.15. The first-order chi connectivity index (χ1) is 25.7. The zero-order chi connectivity index (χ0) is 34.8. The average Bonchev–Trinajstić information content (AvgIpc) is 3.71. The van der Waals surface area contributed by atoms with E-state index in [-0.39, 0.29) is 0 Å². The SMILES string of the molecule is Cc1c(-c2cccc(-c3cc(-c4cccc(-n5c6ccccc6c6ccccc65)c4C)ccn3)c2)cccc1-n1c2ccccc2c2ccccc21. The van der Waals surface area contributed by atoms with Gasteiger partial charge < -0.3 is 9.13 Å². The Balaban J connectivity index is 1.06. The topological polar surface area (TPSA) is 22.8 Å². The summed E-state index contributed by atoms with van der Waals surface area (Å²) in [4.78, 5) is 4.89. The number of pyridine rings is 1. The molecular formula is C49H35N3. The number of hydrogen-bond donors (Lipinski definition) is 0. The Labute approximate surface area is 302 Å². The Bertz CT molecular complexity index is 2680. The predicted molar refractivity (Wildman–Crippen MR) is 219 cm³/mol. The number of hydrogen-bond acceptors (Lipinski definition) is 1. The van der Waals surface area contributed by atoms with Gasteiger partial charge in [-0.15, -0.1) is 0 Å². The molecule has 0 atom stereocenters. The van der Waals surface area contributed by atoms with Crippen LogP contribution in [0.3, 0.4) is 0 Å². The quantitative estimate of drug-likeness (QED) is 0.179. The van der Waals surface area contributed by atoms with Gasteiger partial charge in [-0.3, -0.25) is 4.98 Å². The minimum atomic E-state index is 0.956. The molecule has 10 rings (SSSR count). The van der Waals surface area contributed by atoms with E-state index < -0.39 is 0 Å². The molecule has 0 saturated carbocycles. The molecule has 7 aromatic carbocycles. The Hall–Kier alpha value is -6.71. The van der Waals surface area contributed by atoms with E-state index >= 15 is 0 Å². The van der Waals surface area contributed by atoms with E-state index in [1.165, 1.54) is 82.8 Å². The van der Waals surface area contributed by atoms with Crippen LogP contribution in [0.15, 0.2) is 176 Å². The predicted octanol–water partition coefficient (Wildman–Crippen LogP) is 12.9. The lowest BCUT2D eigenvalue weighted by Gasteiger charge is -2.16. The van der Waals surface area contributed by atoms with Crippen molar-refractivity contribution in [2.24, 2.45) is 0 Å². The number of para-hydroxylation sites is 4. The van der Waals surface area contributed by atoms with E-state index in [4.69, 9.17) is 4.98 Å². The minimum Gasteiger partial charge on any atom is -0.309 e. The maximum atomic E-state index is 4.89. The molecule has 0 fully saturated rings. The average molecular weight is 666 g/mol. The highest BCUT2D eigenvalue weighted by Crippen LogP contribution is 2.38. The maximum absolute atomic E-state index is 4.89. The van der Waals surface area contributed by atoms with Crippen molar-refractivity contribution in [1.82, 2.24) is 14.1 Å². The summed E-state index contributed by atoms with van der Waals surface area (Å²) in [6.07, 6.45) is 1.94. The Morgan fingerprint density at radius 1 is 0.365 bits per heavy atom. The first kappa shape index (κ1) is 30.1. The van der Waals surface area contributed by atoms with Crippen LogP contribution < -0.4 is 0 Å². The summed E-state index contributed by atoms with van der Waals surface area (Å²) < 4.78 is 4.82. The number of aromatic nitrogens is 3. The molecule has 3 nitrogen and oxygen atoms in total. The van der Waals surface area contributed by atoms with Gasteiger partial charge in [0.1, 0.15) is 0 Å². The van der Waals surface area contributed by atoms with Crippen LogP contribution in [0.5, 0.6) is 0 Å². The van der Waals surface area contributed by atoms with Gasteiger partial charge in [0.2, 0.25) is 0 Å². The Kier molecular flexibility index (Phi) is 6.94. The zero-order valence-corrected chi connectivity index (χ0v) is 29.1. The number of rotatable bonds is 5. The van der Waals surface area contributed by atoms with Crippen LogP contribution >= 0.6 is 0 Å². The molecule has 0 amide bonds. The molecule has 0 saturated heterocycles. The summed E-state index contributed by atoms with van der Waals surface area (Å²) in [5.41, 5.74) is 16.5. The van der Waals surface area contributed by atoms with E-state index in [9.17, 15) is 0 Å². The molecule has 3 heterocycles. The first-order valence-electron chi connectivity index (χ1n) is 17.9. The third kappa shape index (κ3) is 4.63. The van der Waals surface area contributed by atoms with Gasteiger partial charge in [0.05, 0.1) is 27.8 Å².